The average molecular weight is 215 g/mol. The van der Waals surface area contributed by atoms with Crippen LogP contribution in [0.3, 0.4) is 0 Å². The van der Waals surface area contributed by atoms with Gasteiger partial charge in [-0.3, -0.25) is 10.2 Å². The Morgan fingerprint density at radius 3 is 3.07 bits per heavy atom. The minimum Gasteiger partial charge on any atom is -0.371 e. The lowest BCUT2D eigenvalue weighted by molar-refractivity contribution is -0.127. The van der Waals surface area contributed by atoms with Crippen LogP contribution in [0.2, 0.25) is 0 Å². The summed E-state index contributed by atoms with van der Waals surface area (Å²) >= 11 is 0. The van der Waals surface area contributed by atoms with E-state index in [0.717, 1.165) is 6.54 Å². The third-order valence-electron chi connectivity index (χ3n) is 2.57. The lowest BCUT2D eigenvalue weighted by Gasteiger charge is -2.29. The molecule has 0 radical (unpaired) electrons. The number of hydrogen-bond donors (Lipinski definition) is 2. The molecule has 88 valence electrons. The smallest absolute Gasteiger partial charge is 0.260 e. The number of piperidine rings is 1. The highest BCUT2D eigenvalue weighted by Crippen LogP contribution is 2.14. The number of ether oxygens (including phenoxy) is 1. The molecule has 0 aromatic heterocycles. The van der Waals surface area contributed by atoms with E-state index in [1.54, 1.807) is 7.05 Å². The molecule has 5 heteroatoms. The van der Waals surface area contributed by atoms with Crippen molar-refractivity contribution in [2.45, 2.75) is 12.8 Å². The van der Waals surface area contributed by atoms with E-state index >= 15 is 0 Å². The number of hydrogen-bond acceptors (Lipinski definition) is 4. The normalized spacial score (nSPS) is 22.7. The lowest BCUT2D eigenvalue weighted by atomic mass is 10.00. The zero-order valence-electron chi connectivity index (χ0n) is 9.58. The summed E-state index contributed by atoms with van der Waals surface area (Å²) in [5.41, 5.74) is 5.04. The molecule has 1 aliphatic rings. The highest BCUT2D eigenvalue weighted by molar-refractivity contribution is 5.76. The molecule has 1 aliphatic heterocycles. The fraction of sp³-hybridized carbons (Fsp3) is 0.900. The number of rotatable bonds is 5. The van der Waals surface area contributed by atoms with Gasteiger partial charge in [-0.05, 0) is 32.4 Å². The van der Waals surface area contributed by atoms with Crippen LogP contribution in [-0.4, -0.2) is 51.2 Å². The van der Waals surface area contributed by atoms with Gasteiger partial charge >= 0.3 is 0 Å². The summed E-state index contributed by atoms with van der Waals surface area (Å²) in [5.74, 6) is 0.452. The molecule has 1 fully saturated rings. The molecule has 0 aromatic rings. The minimum absolute atomic E-state index is 0.123. The number of nitrogens with zero attached hydrogens (tertiary/aromatic N) is 1. The topological polar surface area (TPSA) is 53.6 Å². The minimum atomic E-state index is -0.123. The van der Waals surface area contributed by atoms with Gasteiger partial charge in [-0.1, -0.05) is 0 Å². The first kappa shape index (κ1) is 12.4. The van der Waals surface area contributed by atoms with Gasteiger partial charge in [0.15, 0.2) is 0 Å². The van der Waals surface area contributed by atoms with E-state index in [1.807, 2.05) is 0 Å². The van der Waals surface area contributed by atoms with Gasteiger partial charge in [0.05, 0.1) is 6.61 Å². The van der Waals surface area contributed by atoms with Gasteiger partial charge in [-0.15, -0.1) is 0 Å². The summed E-state index contributed by atoms with van der Waals surface area (Å²) < 4.78 is 5.36. The third-order valence-corrected chi connectivity index (χ3v) is 2.57. The molecule has 0 spiro atoms. The van der Waals surface area contributed by atoms with Crippen molar-refractivity contribution in [1.29, 1.82) is 0 Å². The van der Waals surface area contributed by atoms with Gasteiger partial charge in [0, 0.05) is 13.6 Å². The van der Waals surface area contributed by atoms with Crippen molar-refractivity contribution in [3.05, 3.63) is 0 Å². The molecule has 1 atom stereocenters. The van der Waals surface area contributed by atoms with Crippen LogP contribution in [0, 0.1) is 5.92 Å². The summed E-state index contributed by atoms with van der Waals surface area (Å²) in [6.07, 6.45) is 2.44. The summed E-state index contributed by atoms with van der Waals surface area (Å²) in [7, 11) is 3.79. The molecule has 0 saturated carbocycles. The van der Waals surface area contributed by atoms with Gasteiger partial charge in [-0.2, -0.15) is 0 Å². The maximum Gasteiger partial charge on any atom is 0.260 e. The molecule has 0 aromatic carbocycles. The first-order valence-electron chi connectivity index (χ1n) is 5.44. The van der Waals surface area contributed by atoms with E-state index in [2.05, 4.69) is 22.8 Å². The summed E-state index contributed by atoms with van der Waals surface area (Å²) in [5, 5.41) is 0. The molecule has 1 amide bonds. The van der Waals surface area contributed by atoms with Crippen LogP contribution in [0.15, 0.2) is 0 Å². The zero-order chi connectivity index (χ0) is 11.1. The largest absolute Gasteiger partial charge is 0.371 e. The highest BCUT2D eigenvalue weighted by atomic mass is 16.5. The van der Waals surface area contributed by atoms with Gasteiger partial charge in [0.1, 0.15) is 6.61 Å². The molecule has 0 bridgehead atoms. The first-order valence-corrected chi connectivity index (χ1v) is 5.44. The van der Waals surface area contributed by atoms with E-state index in [-0.39, 0.29) is 12.5 Å². The number of likely N-dealkylation sites (tertiary alicyclic amines) is 1. The predicted molar refractivity (Wildman–Crippen MR) is 58.2 cm³/mol. The number of hydrazine groups is 1. The Morgan fingerprint density at radius 1 is 1.60 bits per heavy atom. The SMILES string of the molecule is CNNC(=O)COCC1CCCN(C)C1. The first-order chi connectivity index (χ1) is 7.22. The number of carbonyl (C=O) groups is 1. The Bertz CT molecular complexity index is 199. The van der Waals surface area contributed by atoms with Crippen molar-refractivity contribution >= 4 is 5.91 Å². The average Bonchev–Trinajstić information content (AvgIpc) is 2.18. The van der Waals surface area contributed by atoms with Crippen LogP contribution in [0.25, 0.3) is 0 Å². The van der Waals surface area contributed by atoms with E-state index in [4.69, 9.17) is 4.74 Å². The Labute approximate surface area is 91.1 Å². The second-order valence-electron chi connectivity index (χ2n) is 4.08. The lowest BCUT2D eigenvalue weighted by Crippen LogP contribution is -2.38. The van der Waals surface area contributed by atoms with Crippen LogP contribution in [0.4, 0.5) is 0 Å². The highest BCUT2D eigenvalue weighted by Gasteiger charge is 2.17. The van der Waals surface area contributed by atoms with E-state index in [9.17, 15) is 4.79 Å². The monoisotopic (exact) mass is 215 g/mol. The molecule has 0 aliphatic carbocycles. The summed E-state index contributed by atoms with van der Waals surface area (Å²) in [6, 6.07) is 0. The Hall–Kier alpha value is -0.650. The number of amides is 1. The van der Waals surface area contributed by atoms with Gasteiger partial charge in [0.2, 0.25) is 0 Å². The van der Waals surface area contributed by atoms with Crippen molar-refractivity contribution in [3.8, 4) is 0 Å². The quantitative estimate of drug-likeness (QED) is 0.613. The second kappa shape index (κ2) is 6.76. The van der Waals surface area contributed by atoms with Crippen LogP contribution in [-0.2, 0) is 9.53 Å². The van der Waals surface area contributed by atoms with Crippen LogP contribution in [0.1, 0.15) is 12.8 Å². The fourth-order valence-corrected chi connectivity index (χ4v) is 1.90. The van der Waals surface area contributed by atoms with Crippen molar-refractivity contribution in [1.82, 2.24) is 15.8 Å². The van der Waals surface area contributed by atoms with Gasteiger partial charge in [-0.25, -0.2) is 5.43 Å². The van der Waals surface area contributed by atoms with Crippen molar-refractivity contribution in [3.63, 3.8) is 0 Å². The Balaban J connectivity index is 2.06. The van der Waals surface area contributed by atoms with Gasteiger partial charge < -0.3 is 9.64 Å². The molecular weight excluding hydrogens is 194 g/mol. The fourth-order valence-electron chi connectivity index (χ4n) is 1.90. The Kier molecular flexibility index (Phi) is 5.60. The molecule has 2 N–H and O–H groups in total. The molecular formula is C10H21N3O2. The maximum atomic E-state index is 11.0. The molecule has 1 saturated heterocycles. The maximum absolute atomic E-state index is 11.0. The van der Waals surface area contributed by atoms with E-state index < -0.39 is 0 Å². The van der Waals surface area contributed by atoms with Crippen LogP contribution < -0.4 is 10.9 Å². The molecule has 15 heavy (non-hydrogen) atoms. The number of carbonyl (C=O) groups excluding carboxylic acids is 1. The van der Waals surface area contributed by atoms with Crippen LogP contribution in [0.5, 0.6) is 0 Å². The van der Waals surface area contributed by atoms with Crippen molar-refractivity contribution < 1.29 is 9.53 Å². The number of nitrogens with one attached hydrogen (secondary N) is 2. The molecule has 1 unspecified atom stereocenters. The van der Waals surface area contributed by atoms with E-state index in [1.165, 1.54) is 19.4 Å². The standard InChI is InChI=1S/C10H21N3O2/c1-11-12-10(14)8-15-7-9-4-3-5-13(2)6-9/h9,11H,3-8H2,1-2H3,(H,12,14). The molecule has 5 nitrogen and oxygen atoms in total. The third kappa shape index (κ3) is 5.11. The van der Waals surface area contributed by atoms with E-state index in [0.29, 0.717) is 12.5 Å². The second-order valence-corrected chi connectivity index (χ2v) is 4.08. The van der Waals surface area contributed by atoms with Crippen molar-refractivity contribution in [2.75, 3.05) is 40.4 Å². The summed E-state index contributed by atoms with van der Waals surface area (Å²) in [4.78, 5) is 13.4. The van der Waals surface area contributed by atoms with Crippen molar-refractivity contribution in [2.24, 2.45) is 5.92 Å². The molecule has 1 rings (SSSR count). The van der Waals surface area contributed by atoms with Crippen LogP contribution >= 0.6 is 0 Å². The molecule has 1 heterocycles. The zero-order valence-corrected chi connectivity index (χ0v) is 9.58. The summed E-state index contributed by atoms with van der Waals surface area (Å²) in [6.45, 7) is 3.08. The van der Waals surface area contributed by atoms with Gasteiger partial charge in [0.25, 0.3) is 5.91 Å². The Morgan fingerprint density at radius 2 is 2.40 bits per heavy atom. The predicted octanol–water partition coefficient (Wildman–Crippen LogP) is -0.405.